The molecule has 0 saturated heterocycles. The molecule has 1 aromatic rings. The third-order valence-electron chi connectivity index (χ3n) is 3.48. The zero-order chi connectivity index (χ0) is 14.9. The molecule has 0 unspecified atom stereocenters. The molecule has 0 aliphatic heterocycles. The smallest absolute Gasteiger partial charge is 0.174 e. The summed E-state index contributed by atoms with van der Waals surface area (Å²) in [7, 11) is 1.61. The molecule has 2 rings (SSSR count). The molecule has 1 aliphatic rings. The van der Waals surface area contributed by atoms with Crippen LogP contribution in [-0.4, -0.2) is 36.5 Å². The predicted molar refractivity (Wildman–Crippen MR) is 87.8 cm³/mol. The molecule has 5 nitrogen and oxygen atoms in total. The van der Waals surface area contributed by atoms with Crippen molar-refractivity contribution in [3.05, 3.63) is 18.3 Å². The Morgan fingerprint density at radius 2 is 2.24 bits per heavy atom. The maximum atomic E-state index is 5.80. The molecule has 0 atom stereocenters. The second-order valence-corrected chi connectivity index (χ2v) is 5.47. The monoisotopic (exact) mass is 309 g/mol. The van der Waals surface area contributed by atoms with Crippen molar-refractivity contribution in [3.63, 3.8) is 0 Å². The maximum absolute atomic E-state index is 5.80. The Labute approximate surface area is 131 Å². The van der Waals surface area contributed by atoms with E-state index in [0.29, 0.717) is 22.8 Å². The van der Waals surface area contributed by atoms with Crippen LogP contribution in [0.2, 0.25) is 0 Å². The number of hydrogen-bond acceptors (Lipinski definition) is 4. The van der Waals surface area contributed by atoms with Crippen LogP contribution in [0.15, 0.2) is 18.3 Å². The molecule has 1 aromatic heterocycles. The molecule has 1 aliphatic carbocycles. The van der Waals surface area contributed by atoms with Crippen LogP contribution >= 0.6 is 12.2 Å². The van der Waals surface area contributed by atoms with Gasteiger partial charge < -0.3 is 20.1 Å². The molecule has 0 bridgehead atoms. The van der Waals surface area contributed by atoms with Crippen molar-refractivity contribution >= 4 is 23.1 Å². The van der Waals surface area contributed by atoms with Crippen LogP contribution in [0.1, 0.15) is 32.1 Å². The average Bonchev–Trinajstić information content (AvgIpc) is 3.01. The highest BCUT2D eigenvalue weighted by Crippen LogP contribution is 2.21. The molecule has 1 heterocycles. The van der Waals surface area contributed by atoms with Gasteiger partial charge in [0.25, 0.3) is 0 Å². The molecular formula is C15H23N3O2S. The Morgan fingerprint density at radius 1 is 1.43 bits per heavy atom. The topological polar surface area (TPSA) is 55.4 Å². The van der Waals surface area contributed by atoms with Crippen LogP contribution in [0, 0.1) is 0 Å². The van der Waals surface area contributed by atoms with Gasteiger partial charge in [0.05, 0.1) is 13.2 Å². The predicted octanol–water partition coefficient (Wildman–Crippen LogP) is 2.73. The number of hydrogen-bond donors (Lipinski definition) is 2. The van der Waals surface area contributed by atoms with Crippen molar-refractivity contribution in [2.24, 2.45) is 0 Å². The minimum Gasteiger partial charge on any atom is -0.493 e. The molecule has 0 aromatic carbocycles. The summed E-state index contributed by atoms with van der Waals surface area (Å²) in [6, 6.07) is 3.66. The number of methoxy groups -OCH3 is 1. The fraction of sp³-hybridized carbons (Fsp3) is 0.600. The number of rotatable bonds is 7. The quantitative estimate of drug-likeness (QED) is 0.597. The first-order valence-corrected chi connectivity index (χ1v) is 7.86. The number of anilines is 1. The van der Waals surface area contributed by atoms with Gasteiger partial charge in [-0.3, -0.25) is 0 Å². The highest BCUT2D eigenvalue weighted by molar-refractivity contribution is 7.80. The Bertz CT molecular complexity index is 450. The van der Waals surface area contributed by atoms with E-state index in [9.17, 15) is 0 Å². The lowest BCUT2D eigenvalue weighted by atomic mass is 10.3. The molecule has 0 spiro atoms. The van der Waals surface area contributed by atoms with Crippen molar-refractivity contribution < 1.29 is 9.47 Å². The lowest BCUT2D eigenvalue weighted by molar-refractivity contribution is 0.0574. The van der Waals surface area contributed by atoms with Crippen molar-refractivity contribution in [1.29, 1.82) is 0 Å². The van der Waals surface area contributed by atoms with E-state index in [0.717, 1.165) is 19.6 Å². The standard InChI is InChI=1S/C15H23N3O2S/c1-19-13-8-4-9-16-14(13)18-15(21)17-10-5-11-20-12-6-2-3-7-12/h4,8-9,12H,2-3,5-7,10-11H2,1H3,(H2,16,17,18,21). The summed E-state index contributed by atoms with van der Waals surface area (Å²) < 4.78 is 11.0. The first-order valence-electron chi connectivity index (χ1n) is 7.45. The molecule has 0 amide bonds. The number of aromatic nitrogens is 1. The van der Waals surface area contributed by atoms with E-state index >= 15 is 0 Å². The van der Waals surface area contributed by atoms with Gasteiger partial charge in [-0.05, 0) is 43.6 Å². The molecule has 6 heteroatoms. The van der Waals surface area contributed by atoms with Gasteiger partial charge in [-0.2, -0.15) is 0 Å². The molecular weight excluding hydrogens is 286 g/mol. The summed E-state index contributed by atoms with van der Waals surface area (Å²) in [6.45, 7) is 1.57. The van der Waals surface area contributed by atoms with Gasteiger partial charge in [0.1, 0.15) is 0 Å². The van der Waals surface area contributed by atoms with Gasteiger partial charge in [0, 0.05) is 19.3 Å². The number of nitrogens with zero attached hydrogens (tertiary/aromatic N) is 1. The van der Waals surface area contributed by atoms with Crippen LogP contribution in [-0.2, 0) is 4.74 Å². The average molecular weight is 309 g/mol. The van der Waals surface area contributed by atoms with Crippen LogP contribution in [0.25, 0.3) is 0 Å². The first kappa shape index (κ1) is 16.0. The Morgan fingerprint density at radius 3 is 3.00 bits per heavy atom. The second-order valence-electron chi connectivity index (χ2n) is 5.07. The summed E-state index contributed by atoms with van der Waals surface area (Å²) in [5.41, 5.74) is 0. The van der Waals surface area contributed by atoms with Gasteiger partial charge in [0.2, 0.25) is 0 Å². The molecule has 1 fully saturated rings. The van der Waals surface area contributed by atoms with Gasteiger partial charge in [-0.1, -0.05) is 12.8 Å². The third-order valence-corrected chi connectivity index (χ3v) is 3.73. The van der Waals surface area contributed by atoms with Crippen LogP contribution in [0.5, 0.6) is 5.75 Å². The van der Waals surface area contributed by atoms with E-state index < -0.39 is 0 Å². The van der Waals surface area contributed by atoms with Gasteiger partial charge in [-0.25, -0.2) is 4.98 Å². The normalized spacial score (nSPS) is 14.9. The minimum absolute atomic E-state index is 0.479. The van der Waals surface area contributed by atoms with Crippen molar-refractivity contribution in [3.8, 4) is 5.75 Å². The fourth-order valence-corrected chi connectivity index (χ4v) is 2.58. The minimum atomic E-state index is 0.479. The van der Waals surface area contributed by atoms with E-state index in [-0.39, 0.29) is 0 Å². The highest BCUT2D eigenvalue weighted by Gasteiger charge is 2.14. The number of pyridine rings is 1. The molecule has 2 N–H and O–H groups in total. The van der Waals surface area contributed by atoms with Crippen molar-refractivity contribution in [2.45, 2.75) is 38.2 Å². The van der Waals surface area contributed by atoms with Crippen molar-refractivity contribution in [2.75, 3.05) is 25.6 Å². The third kappa shape index (κ3) is 5.47. The molecule has 0 radical (unpaired) electrons. The van der Waals surface area contributed by atoms with Gasteiger partial charge >= 0.3 is 0 Å². The van der Waals surface area contributed by atoms with Crippen LogP contribution < -0.4 is 15.4 Å². The maximum Gasteiger partial charge on any atom is 0.174 e. The van der Waals surface area contributed by atoms with Crippen LogP contribution in [0.3, 0.4) is 0 Å². The Hall–Kier alpha value is -1.40. The molecule has 116 valence electrons. The first-order chi connectivity index (χ1) is 10.3. The fourth-order valence-electron chi connectivity index (χ4n) is 2.38. The SMILES string of the molecule is COc1cccnc1NC(=S)NCCCOC1CCCC1. The summed E-state index contributed by atoms with van der Waals surface area (Å²) in [6.07, 6.45) is 8.17. The summed E-state index contributed by atoms with van der Waals surface area (Å²) in [4.78, 5) is 4.20. The molecule has 21 heavy (non-hydrogen) atoms. The number of ether oxygens (including phenoxy) is 2. The van der Waals surface area contributed by atoms with Gasteiger partial charge in [0.15, 0.2) is 16.7 Å². The largest absolute Gasteiger partial charge is 0.493 e. The van der Waals surface area contributed by atoms with E-state index in [1.807, 2.05) is 12.1 Å². The van der Waals surface area contributed by atoms with Crippen LogP contribution in [0.4, 0.5) is 5.82 Å². The van der Waals surface area contributed by atoms with E-state index in [1.54, 1.807) is 13.3 Å². The number of thiocarbonyl (C=S) groups is 1. The van der Waals surface area contributed by atoms with E-state index in [2.05, 4.69) is 15.6 Å². The van der Waals surface area contributed by atoms with E-state index in [1.165, 1.54) is 25.7 Å². The lowest BCUT2D eigenvalue weighted by Crippen LogP contribution is -2.30. The zero-order valence-corrected chi connectivity index (χ0v) is 13.2. The lowest BCUT2D eigenvalue weighted by Gasteiger charge is -2.13. The highest BCUT2D eigenvalue weighted by atomic mass is 32.1. The van der Waals surface area contributed by atoms with Gasteiger partial charge in [-0.15, -0.1) is 0 Å². The number of nitrogens with one attached hydrogen (secondary N) is 2. The zero-order valence-electron chi connectivity index (χ0n) is 12.4. The van der Waals surface area contributed by atoms with Crippen molar-refractivity contribution in [1.82, 2.24) is 10.3 Å². The summed E-state index contributed by atoms with van der Waals surface area (Å²) >= 11 is 5.24. The Balaban J connectivity index is 1.61. The summed E-state index contributed by atoms with van der Waals surface area (Å²) in [5.74, 6) is 1.30. The van der Waals surface area contributed by atoms with E-state index in [4.69, 9.17) is 21.7 Å². The second kappa shape index (κ2) is 8.79. The molecule has 1 saturated carbocycles. The Kier molecular flexibility index (Phi) is 6.69. The summed E-state index contributed by atoms with van der Waals surface area (Å²) in [5, 5.41) is 6.74.